The zero-order valence-electron chi connectivity index (χ0n) is 10.8. The number of halogens is 1. The topological polar surface area (TPSA) is 75.1 Å². The SMILES string of the molecule is O=C(O)c1cccc2c1[nH]c(=O)n2Cc1ccccc1Br. The number of carboxylic acid groups (broad SMARTS) is 1. The second-order valence-corrected chi connectivity index (χ2v) is 5.47. The molecule has 0 unspecified atom stereocenters. The van der Waals surface area contributed by atoms with Crippen LogP contribution in [0.1, 0.15) is 15.9 Å². The van der Waals surface area contributed by atoms with Crippen molar-refractivity contribution in [3.05, 3.63) is 68.5 Å². The number of nitrogens with zero attached hydrogens (tertiary/aromatic N) is 1. The molecule has 6 heteroatoms. The summed E-state index contributed by atoms with van der Waals surface area (Å²) in [5.74, 6) is -1.06. The van der Waals surface area contributed by atoms with Crippen LogP contribution in [-0.4, -0.2) is 20.6 Å². The number of aromatic carboxylic acids is 1. The number of imidazole rings is 1. The average Bonchev–Trinajstić information content (AvgIpc) is 2.77. The molecule has 0 amide bonds. The minimum absolute atomic E-state index is 0.0930. The van der Waals surface area contributed by atoms with Gasteiger partial charge in [0.05, 0.1) is 23.1 Å². The predicted octanol–water partition coefficient (Wildman–Crippen LogP) is 2.84. The van der Waals surface area contributed by atoms with Gasteiger partial charge in [-0.05, 0) is 23.8 Å². The first kappa shape index (κ1) is 13.6. The van der Waals surface area contributed by atoms with Crippen molar-refractivity contribution in [3.8, 4) is 0 Å². The van der Waals surface area contributed by atoms with E-state index in [-0.39, 0.29) is 11.3 Å². The van der Waals surface area contributed by atoms with E-state index < -0.39 is 5.97 Å². The van der Waals surface area contributed by atoms with Gasteiger partial charge < -0.3 is 10.1 Å². The molecule has 21 heavy (non-hydrogen) atoms. The first-order valence-electron chi connectivity index (χ1n) is 6.26. The standard InChI is InChI=1S/C15H11BrN2O3/c16-11-6-2-1-4-9(11)8-18-12-7-3-5-10(14(19)20)13(12)17-15(18)21/h1-7H,8H2,(H,17,21)(H,19,20). The molecular formula is C15H11BrN2O3. The third-order valence-corrected chi connectivity index (χ3v) is 4.10. The van der Waals surface area contributed by atoms with Crippen LogP contribution in [0.15, 0.2) is 51.7 Å². The summed E-state index contributed by atoms with van der Waals surface area (Å²) in [7, 11) is 0. The molecule has 3 aromatic rings. The van der Waals surface area contributed by atoms with Gasteiger partial charge in [0, 0.05) is 4.47 Å². The van der Waals surface area contributed by atoms with Crippen LogP contribution in [0, 0.1) is 0 Å². The molecule has 0 saturated carbocycles. The molecule has 0 aliphatic heterocycles. The molecule has 0 saturated heterocycles. The van der Waals surface area contributed by atoms with Gasteiger partial charge in [-0.2, -0.15) is 0 Å². The second-order valence-electron chi connectivity index (χ2n) is 4.61. The van der Waals surface area contributed by atoms with Crippen LogP contribution in [0.5, 0.6) is 0 Å². The van der Waals surface area contributed by atoms with Crippen LogP contribution >= 0.6 is 15.9 Å². The first-order valence-corrected chi connectivity index (χ1v) is 7.05. The molecule has 0 atom stereocenters. The monoisotopic (exact) mass is 346 g/mol. The largest absolute Gasteiger partial charge is 0.478 e. The average molecular weight is 347 g/mol. The lowest BCUT2D eigenvalue weighted by Crippen LogP contribution is -2.17. The van der Waals surface area contributed by atoms with Gasteiger partial charge in [-0.25, -0.2) is 9.59 Å². The van der Waals surface area contributed by atoms with E-state index in [1.54, 1.807) is 12.1 Å². The van der Waals surface area contributed by atoms with Crippen molar-refractivity contribution in [1.29, 1.82) is 0 Å². The van der Waals surface area contributed by atoms with E-state index >= 15 is 0 Å². The van der Waals surface area contributed by atoms with E-state index in [9.17, 15) is 14.7 Å². The number of carbonyl (C=O) groups is 1. The van der Waals surface area contributed by atoms with Crippen LogP contribution in [0.4, 0.5) is 0 Å². The van der Waals surface area contributed by atoms with E-state index in [1.807, 2.05) is 24.3 Å². The Kier molecular flexibility index (Phi) is 3.39. The van der Waals surface area contributed by atoms with Gasteiger partial charge in [-0.15, -0.1) is 0 Å². The van der Waals surface area contributed by atoms with Crippen molar-refractivity contribution in [1.82, 2.24) is 9.55 Å². The lowest BCUT2D eigenvalue weighted by Gasteiger charge is -2.06. The van der Waals surface area contributed by atoms with Crippen LogP contribution in [-0.2, 0) is 6.54 Å². The Labute approximate surface area is 128 Å². The van der Waals surface area contributed by atoms with Crippen molar-refractivity contribution in [2.45, 2.75) is 6.54 Å². The number of hydrogen-bond acceptors (Lipinski definition) is 2. The molecule has 0 aliphatic carbocycles. The normalized spacial score (nSPS) is 10.9. The molecule has 5 nitrogen and oxygen atoms in total. The van der Waals surface area contributed by atoms with Crippen molar-refractivity contribution in [2.75, 3.05) is 0 Å². The Morgan fingerprint density at radius 1 is 1.19 bits per heavy atom. The number of hydrogen-bond donors (Lipinski definition) is 2. The van der Waals surface area contributed by atoms with Crippen molar-refractivity contribution < 1.29 is 9.90 Å². The minimum atomic E-state index is -1.06. The minimum Gasteiger partial charge on any atom is -0.478 e. The molecule has 1 heterocycles. The summed E-state index contributed by atoms with van der Waals surface area (Å²) in [5.41, 5.74) is 1.64. The highest BCUT2D eigenvalue weighted by Crippen LogP contribution is 2.20. The van der Waals surface area contributed by atoms with E-state index in [1.165, 1.54) is 10.6 Å². The number of para-hydroxylation sites is 1. The van der Waals surface area contributed by atoms with Crippen LogP contribution < -0.4 is 5.69 Å². The highest BCUT2D eigenvalue weighted by molar-refractivity contribution is 9.10. The van der Waals surface area contributed by atoms with Gasteiger partial charge >= 0.3 is 11.7 Å². The summed E-state index contributed by atoms with van der Waals surface area (Å²) in [4.78, 5) is 26.0. The summed E-state index contributed by atoms with van der Waals surface area (Å²) < 4.78 is 2.43. The Morgan fingerprint density at radius 2 is 1.95 bits per heavy atom. The van der Waals surface area contributed by atoms with E-state index in [0.29, 0.717) is 17.6 Å². The first-order chi connectivity index (χ1) is 10.1. The van der Waals surface area contributed by atoms with Gasteiger partial charge in [0.1, 0.15) is 0 Å². The molecule has 0 spiro atoms. The lowest BCUT2D eigenvalue weighted by molar-refractivity contribution is 0.0699. The van der Waals surface area contributed by atoms with Crippen LogP contribution in [0.25, 0.3) is 11.0 Å². The number of nitrogens with one attached hydrogen (secondary N) is 1. The van der Waals surface area contributed by atoms with Crippen LogP contribution in [0.3, 0.4) is 0 Å². The summed E-state index contributed by atoms with van der Waals surface area (Å²) >= 11 is 3.45. The smallest absolute Gasteiger partial charge is 0.337 e. The van der Waals surface area contributed by atoms with Gasteiger partial charge in [-0.3, -0.25) is 4.57 Å². The zero-order valence-corrected chi connectivity index (χ0v) is 12.4. The third kappa shape index (κ3) is 2.38. The zero-order chi connectivity index (χ0) is 15.0. The molecule has 0 radical (unpaired) electrons. The fourth-order valence-electron chi connectivity index (χ4n) is 2.31. The molecule has 3 rings (SSSR count). The number of aromatic nitrogens is 2. The Balaban J connectivity index is 2.18. The predicted molar refractivity (Wildman–Crippen MR) is 82.8 cm³/mol. The highest BCUT2D eigenvalue weighted by atomic mass is 79.9. The van der Waals surface area contributed by atoms with Crippen molar-refractivity contribution in [3.63, 3.8) is 0 Å². The molecule has 0 aliphatic rings. The number of H-pyrrole nitrogens is 1. The number of fused-ring (bicyclic) bond motifs is 1. The molecule has 1 aromatic heterocycles. The van der Waals surface area contributed by atoms with Crippen molar-refractivity contribution >= 4 is 32.9 Å². The Bertz CT molecular complexity index is 895. The molecule has 2 aromatic carbocycles. The maximum absolute atomic E-state index is 12.1. The molecule has 0 fully saturated rings. The highest BCUT2D eigenvalue weighted by Gasteiger charge is 2.14. The van der Waals surface area contributed by atoms with Gasteiger partial charge in [0.2, 0.25) is 0 Å². The second kappa shape index (κ2) is 5.21. The van der Waals surface area contributed by atoms with Crippen molar-refractivity contribution in [2.24, 2.45) is 0 Å². The summed E-state index contributed by atoms with van der Waals surface area (Å²) in [6.45, 7) is 0.364. The molecule has 106 valence electrons. The number of aromatic amines is 1. The van der Waals surface area contributed by atoms with Crippen LogP contribution in [0.2, 0.25) is 0 Å². The third-order valence-electron chi connectivity index (χ3n) is 3.33. The maximum atomic E-state index is 12.1. The van der Waals surface area contributed by atoms with Gasteiger partial charge in [-0.1, -0.05) is 40.2 Å². The fourth-order valence-corrected chi connectivity index (χ4v) is 2.72. The number of rotatable bonds is 3. The number of carboxylic acids is 1. The molecule has 2 N–H and O–H groups in total. The maximum Gasteiger partial charge on any atom is 0.337 e. The van der Waals surface area contributed by atoms with Gasteiger partial charge in [0.25, 0.3) is 0 Å². The number of benzene rings is 2. The van der Waals surface area contributed by atoms with Gasteiger partial charge in [0.15, 0.2) is 0 Å². The summed E-state index contributed by atoms with van der Waals surface area (Å²) in [5, 5.41) is 9.18. The van der Waals surface area contributed by atoms with E-state index in [2.05, 4.69) is 20.9 Å². The summed E-state index contributed by atoms with van der Waals surface area (Å²) in [6, 6.07) is 12.4. The van der Waals surface area contributed by atoms with E-state index in [4.69, 9.17) is 0 Å². The fraction of sp³-hybridized carbons (Fsp3) is 0.0667. The molecular weight excluding hydrogens is 336 g/mol. The lowest BCUT2D eigenvalue weighted by atomic mass is 10.2. The quantitative estimate of drug-likeness (QED) is 0.765. The summed E-state index contributed by atoms with van der Waals surface area (Å²) in [6.07, 6.45) is 0. The Morgan fingerprint density at radius 3 is 2.67 bits per heavy atom. The Hall–Kier alpha value is -2.34. The van der Waals surface area contributed by atoms with E-state index in [0.717, 1.165) is 10.0 Å². The molecule has 0 bridgehead atoms.